The van der Waals surface area contributed by atoms with Crippen molar-refractivity contribution in [2.45, 2.75) is 97.2 Å². The summed E-state index contributed by atoms with van der Waals surface area (Å²) in [5.74, 6) is -1.14. The number of aryl methyl sites for hydroxylation is 1. The van der Waals surface area contributed by atoms with Crippen molar-refractivity contribution in [3.05, 3.63) is 95.4 Å². The first-order valence-corrected chi connectivity index (χ1v) is 22.4. The number of aliphatic hydroxyl groups excluding tert-OH is 1. The van der Waals surface area contributed by atoms with Crippen molar-refractivity contribution in [3.8, 4) is 27.6 Å². The number of anilines is 2. The number of aromatic amines is 1. The number of carbonyl (C=O) groups excluding carboxylic acids is 4. The molecule has 4 amide bonds. The number of pyridine rings is 1. The molecule has 0 spiro atoms. The van der Waals surface area contributed by atoms with Gasteiger partial charge in [0, 0.05) is 43.5 Å². The van der Waals surface area contributed by atoms with E-state index in [2.05, 4.69) is 47.9 Å². The zero-order valence-corrected chi connectivity index (χ0v) is 38.1. The van der Waals surface area contributed by atoms with Crippen molar-refractivity contribution in [3.63, 3.8) is 0 Å². The Morgan fingerprint density at radius 2 is 1.81 bits per heavy atom. The molecule has 5 heterocycles. The highest BCUT2D eigenvalue weighted by molar-refractivity contribution is 7.13. The topological polar surface area (TPSA) is 204 Å². The number of benzene rings is 2. The fourth-order valence-corrected chi connectivity index (χ4v) is 9.15. The Morgan fingerprint density at radius 3 is 2.48 bits per heavy atom. The SMILES string of the molecule is COc1cc(N2CCC(OCC(=O)NC(C(=O)N3CC(O)CC3C(=O)NC(C)c3ccc(-c4scnc4C)cc3)C(C)(C)C)CC2C)ccc1NC(=O)c1cccc(-c2ccn[nH]2)n1. The van der Waals surface area contributed by atoms with E-state index in [1.54, 1.807) is 55.0 Å². The number of piperidine rings is 1. The number of amides is 4. The van der Waals surface area contributed by atoms with Crippen LogP contribution in [0.3, 0.4) is 0 Å². The van der Waals surface area contributed by atoms with Crippen LogP contribution in [0.2, 0.25) is 0 Å². The lowest BCUT2D eigenvalue weighted by molar-refractivity contribution is -0.145. The van der Waals surface area contributed by atoms with Gasteiger partial charge in [-0.25, -0.2) is 9.97 Å². The third-order valence-electron chi connectivity index (χ3n) is 11.9. The summed E-state index contributed by atoms with van der Waals surface area (Å²) in [4.78, 5) is 68.1. The predicted octanol–water partition coefficient (Wildman–Crippen LogP) is 5.91. The van der Waals surface area contributed by atoms with Gasteiger partial charge in [0.25, 0.3) is 5.91 Å². The smallest absolute Gasteiger partial charge is 0.274 e. The average molecular weight is 892 g/mol. The second-order valence-corrected chi connectivity index (χ2v) is 18.5. The minimum Gasteiger partial charge on any atom is -0.494 e. The molecule has 16 nitrogen and oxygen atoms in total. The number of likely N-dealkylation sites (tertiary alicyclic amines) is 1. The molecule has 338 valence electrons. The number of nitrogens with zero attached hydrogens (tertiary/aromatic N) is 5. The third-order valence-corrected chi connectivity index (χ3v) is 12.8. The fraction of sp³-hybridized carbons (Fsp3) is 0.426. The predicted molar refractivity (Wildman–Crippen MR) is 245 cm³/mol. The van der Waals surface area contributed by atoms with E-state index < -0.39 is 35.4 Å². The van der Waals surface area contributed by atoms with Crippen LogP contribution in [0.4, 0.5) is 11.4 Å². The number of carbonyl (C=O) groups is 4. The maximum absolute atomic E-state index is 14.2. The van der Waals surface area contributed by atoms with Crippen LogP contribution in [0.15, 0.2) is 78.4 Å². The van der Waals surface area contributed by atoms with Crippen molar-refractivity contribution in [1.82, 2.24) is 35.7 Å². The molecule has 0 bridgehead atoms. The number of H-pyrrole nitrogens is 1. The highest BCUT2D eigenvalue weighted by Crippen LogP contribution is 2.34. The van der Waals surface area contributed by atoms with Gasteiger partial charge in [-0.05, 0) is 80.5 Å². The first kappa shape index (κ1) is 45.8. The quantitative estimate of drug-likeness (QED) is 0.0887. The number of rotatable bonds is 14. The molecule has 64 heavy (non-hydrogen) atoms. The summed E-state index contributed by atoms with van der Waals surface area (Å²) in [6, 6.07) is 18.4. The summed E-state index contributed by atoms with van der Waals surface area (Å²) in [6.45, 7) is 11.9. The van der Waals surface area contributed by atoms with Crippen LogP contribution in [0.1, 0.15) is 81.7 Å². The number of hydrogen-bond donors (Lipinski definition) is 5. The molecule has 0 radical (unpaired) electrons. The molecule has 2 aliphatic heterocycles. The molecule has 5 aromatic rings. The van der Waals surface area contributed by atoms with Gasteiger partial charge >= 0.3 is 0 Å². The van der Waals surface area contributed by atoms with Crippen LogP contribution in [-0.2, 0) is 19.1 Å². The third kappa shape index (κ3) is 10.6. The number of β-amino-alcohol motifs (C(OH)–C–C–N with tert-alkyl or cyclic N) is 1. The number of hydrogen-bond acceptors (Lipinski definition) is 12. The van der Waals surface area contributed by atoms with E-state index in [9.17, 15) is 24.3 Å². The van der Waals surface area contributed by atoms with Crippen molar-refractivity contribution in [2.75, 3.05) is 37.0 Å². The molecule has 0 aliphatic carbocycles. The molecule has 2 saturated heterocycles. The number of nitrogens with one attached hydrogen (secondary N) is 4. The van der Waals surface area contributed by atoms with Crippen LogP contribution >= 0.6 is 11.3 Å². The van der Waals surface area contributed by atoms with Crippen molar-refractivity contribution in [1.29, 1.82) is 0 Å². The molecule has 17 heteroatoms. The van der Waals surface area contributed by atoms with E-state index in [1.807, 2.05) is 76.5 Å². The minimum atomic E-state index is -0.976. The summed E-state index contributed by atoms with van der Waals surface area (Å²) >= 11 is 1.57. The Bertz CT molecular complexity index is 2430. The van der Waals surface area contributed by atoms with E-state index >= 15 is 0 Å². The van der Waals surface area contributed by atoms with E-state index in [4.69, 9.17) is 9.47 Å². The van der Waals surface area contributed by atoms with Crippen LogP contribution in [0, 0.1) is 12.3 Å². The Kier molecular flexibility index (Phi) is 14.1. The highest BCUT2D eigenvalue weighted by Gasteiger charge is 2.45. The van der Waals surface area contributed by atoms with Crippen molar-refractivity contribution in [2.24, 2.45) is 5.41 Å². The van der Waals surface area contributed by atoms with E-state index in [0.29, 0.717) is 42.2 Å². The number of ether oxygens (including phenoxy) is 2. The average Bonchev–Trinajstić information content (AvgIpc) is 4.07. The summed E-state index contributed by atoms with van der Waals surface area (Å²) < 4.78 is 11.8. The summed E-state index contributed by atoms with van der Waals surface area (Å²) in [5.41, 5.74) is 6.97. The molecule has 7 rings (SSSR count). The summed E-state index contributed by atoms with van der Waals surface area (Å²) in [5, 5.41) is 26.4. The molecule has 5 N–H and O–H groups in total. The normalized spacial score (nSPS) is 19.8. The Labute approximate surface area is 377 Å². The molecule has 0 saturated carbocycles. The Balaban J connectivity index is 0.913. The maximum Gasteiger partial charge on any atom is 0.274 e. The zero-order valence-electron chi connectivity index (χ0n) is 37.3. The van der Waals surface area contributed by atoms with Crippen LogP contribution < -0.4 is 25.6 Å². The lowest BCUT2D eigenvalue weighted by Gasteiger charge is -2.39. The van der Waals surface area contributed by atoms with E-state index in [1.165, 1.54) is 4.90 Å². The van der Waals surface area contributed by atoms with E-state index in [0.717, 1.165) is 27.4 Å². The highest BCUT2D eigenvalue weighted by atomic mass is 32.1. The van der Waals surface area contributed by atoms with E-state index in [-0.39, 0.29) is 55.3 Å². The number of thiazole rings is 1. The number of aliphatic hydroxyl groups is 1. The largest absolute Gasteiger partial charge is 0.494 e. The maximum atomic E-state index is 14.2. The van der Waals surface area contributed by atoms with Gasteiger partial charge in [0.2, 0.25) is 17.7 Å². The van der Waals surface area contributed by atoms with Gasteiger partial charge in [0.15, 0.2) is 0 Å². The van der Waals surface area contributed by atoms with Gasteiger partial charge in [-0.1, -0.05) is 51.1 Å². The molecular formula is C47H57N9O7S. The van der Waals surface area contributed by atoms with Crippen molar-refractivity contribution >= 4 is 46.3 Å². The summed E-state index contributed by atoms with van der Waals surface area (Å²) in [7, 11) is 1.55. The van der Waals surface area contributed by atoms with Crippen LogP contribution in [0.5, 0.6) is 5.75 Å². The van der Waals surface area contributed by atoms with Gasteiger partial charge in [0.1, 0.15) is 30.1 Å². The Morgan fingerprint density at radius 1 is 1.03 bits per heavy atom. The zero-order chi connectivity index (χ0) is 45.7. The second-order valence-electron chi connectivity index (χ2n) is 17.6. The Hall–Kier alpha value is -6.17. The number of aromatic nitrogens is 4. The first-order chi connectivity index (χ1) is 30.6. The van der Waals surface area contributed by atoms with Gasteiger partial charge in [-0.2, -0.15) is 5.10 Å². The lowest BCUT2D eigenvalue weighted by Crippen LogP contribution is -2.58. The molecule has 6 unspecified atom stereocenters. The molecular weight excluding hydrogens is 835 g/mol. The molecule has 3 aromatic heterocycles. The van der Waals surface area contributed by atoms with Crippen LogP contribution in [-0.4, -0.2) is 111 Å². The van der Waals surface area contributed by atoms with Gasteiger partial charge < -0.3 is 40.3 Å². The molecule has 2 fully saturated rings. The standard InChI is InChI=1S/C47H57N9O7S/c1-27-21-34(18-20-55(27)32-15-16-37(40(22-32)62-7)52-44(59)38-10-8-9-35(51-38)36-17-19-49-54-36)63-25-41(58)53-43(47(4,5)6)46(61)56-24-33(57)23-39(56)45(60)50-28(2)30-11-13-31(14-12-30)42-29(3)48-26-64-42/h8-17,19,22,26-28,33-34,39,43,57H,18,20-21,23-25H2,1-7H3,(H,49,54)(H,50,60)(H,52,59)(H,53,58). The second kappa shape index (κ2) is 19.7. The monoisotopic (exact) mass is 891 g/mol. The van der Waals surface area contributed by atoms with Gasteiger partial charge in [0.05, 0.1) is 58.5 Å². The summed E-state index contributed by atoms with van der Waals surface area (Å²) in [6.07, 6.45) is 1.91. The molecule has 2 aromatic carbocycles. The lowest BCUT2D eigenvalue weighted by atomic mass is 9.85. The van der Waals surface area contributed by atoms with Crippen molar-refractivity contribution < 1.29 is 33.8 Å². The number of methoxy groups -OCH3 is 1. The molecule has 6 atom stereocenters. The fourth-order valence-electron chi connectivity index (χ4n) is 8.33. The molecule has 2 aliphatic rings. The van der Waals surface area contributed by atoms with Gasteiger partial charge in [-0.15, -0.1) is 11.3 Å². The van der Waals surface area contributed by atoms with Gasteiger partial charge in [-0.3, -0.25) is 24.3 Å². The van der Waals surface area contributed by atoms with Crippen LogP contribution in [0.25, 0.3) is 21.8 Å². The minimum absolute atomic E-state index is 0.0218. The first-order valence-electron chi connectivity index (χ1n) is 21.5.